The topological polar surface area (TPSA) is 74.8 Å². The standard InChI is InChI=1S/C23H26ClF3N4O3S/c1-30(22-9-14(10-22)11-22)12-23(34-2)6-7-31(13-23)16-8-15(25)21(20(27)19(16)24)35(32,33)29-18-5-3-4-17(26)28-18/h3-5,8,14H,6-7,9-13H2,1-2H3,(H,28,29)/t14?,22?,23-/m1/s1. The Hall–Kier alpha value is -2.08. The molecule has 7 nitrogen and oxygen atoms in total. The summed E-state index contributed by atoms with van der Waals surface area (Å²) >= 11 is 6.23. The van der Waals surface area contributed by atoms with Gasteiger partial charge >= 0.3 is 0 Å². The highest BCUT2D eigenvalue weighted by Gasteiger charge is 2.60. The highest BCUT2D eigenvalue weighted by Crippen LogP contribution is 2.60. The SMILES string of the molecule is CO[C@@]1(CN(C)C23CC(C2)C3)CCN(c2cc(F)c(S(=O)(=O)Nc3cccc(F)n3)c(F)c2Cl)C1. The Balaban J connectivity index is 1.38. The van der Waals surface area contributed by atoms with E-state index in [-0.39, 0.29) is 11.2 Å². The number of ether oxygens (including phenoxy) is 1. The van der Waals surface area contributed by atoms with Crippen LogP contribution in [0.4, 0.5) is 24.7 Å². The van der Waals surface area contributed by atoms with Crippen molar-refractivity contribution in [2.24, 2.45) is 5.92 Å². The second-order valence-electron chi connectivity index (χ2n) is 9.90. The minimum absolute atomic E-state index is 0.0524. The van der Waals surface area contributed by atoms with Gasteiger partial charge in [-0.15, -0.1) is 0 Å². The average molecular weight is 531 g/mol. The normalized spacial score (nSPS) is 27.6. The molecule has 6 rings (SSSR count). The van der Waals surface area contributed by atoms with Crippen LogP contribution in [0.15, 0.2) is 29.2 Å². The minimum atomic E-state index is -4.77. The molecule has 0 unspecified atom stereocenters. The Labute approximate surface area is 207 Å². The Morgan fingerprint density at radius 2 is 2.00 bits per heavy atom. The van der Waals surface area contributed by atoms with Gasteiger partial charge in [-0.25, -0.2) is 22.2 Å². The van der Waals surface area contributed by atoms with Crippen LogP contribution >= 0.6 is 11.6 Å². The van der Waals surface area contributed by atoms with Gasteiger partial charge in [0, 0.05) is 38.3 Å². The lowest BCUT2D eigenvalue weighted by atomic mass is 9.49. The summed E-state index contributed by atoms with van der Waals surface area (Å²) < 4.78 is 76.7. The zero-order valence-corrected chi connectivity index (χ0v) is 20.9. The predicted octanol–water partition coefficient (Wildman–Crippen LogP) is 4.03. The first-order chi connectivity index (χ1) is 16.5. The molecule has 1 aromatic heterocycles. The highest BCUT2D eigenvalue weighted by molar-refractivity contribution is 7.92. The molecule has 190 valence electrons. The van der Waals surface area contributed by atoms with E-state index in [1.165, 1.54) is 25.3 Å². The van der Waals surface area contributed by atoms with Gasteiger partial charge in [0.25, 0.3) is 10.0 Å². The fourth-order valence-corrected chi connectivity index (χ4v) is 7.08. The number of nitrogens with one attached hydrogen (secondary N) is 1. The number of likely N-dealkylation sites (N-methyl/N-ethyl adjacent to an activating group) is 1. The second-order valence-corrected chi connectivity index (χ2v) is 11.9. The average Bonchev–Trinajstić information content (AvgIpc) is 3.12. The molecule has 4 aliphatic rings. The molecule has 35 heavy (non-hydrogen) atoms. The number of sulfonamides is 1. The number of nitrogens with zero attached hydrogens (tertiary/aromatic N) is 3. The molecule has 3 aliphatic carbocycles. The van der Waals surface area contributed by atoms with Crippen LogP contribution in [0.1, 0.15) is 25.7 Å². The van der Waals surface area contributed by atoms with Crippen molar-refractivity contribution in [3.63, 3.8) is 0 Å². The lowest BCUT2D eigenvalue weighted by Gasteiger charge is -2.66. The first kappa shape index (κ1) is 24.6. The molecule has 2 heterocycles. The summed E-state index contributed by atoms with van der Waals surface area (Å²) in [6.45, 7) is 1.46. The maximum Gasteiger partial charge on any atom is 0.268 e. The molecule has 1 N–H and O–H groups in total. The van der Waals surface area contributed by atoms with E-state index in [0.29, 0.717) is 26.1 Å². The number of aromatic nitrogens is 1. The smallest absolute Gasteiger partial charge is 0.268 e. The van der Waals surface area contributed by atoms with E-state index >= 15 is 8.78 Å². The van der Waals surface area contributed by atoms with Crippen molar-refractivity contribution in [1.82, 2.24) is 9.88 Å². The third-order valence-corrected chi connectivity index (χ3v) is 9.50. The first-order valence-electron chi connectivity index (χ1n) is 11.3. The van der Waals surface area contributed by atoms with E-state index in [2.05, 4.69) is 16.9 Å². The molecule has 1 saturated heterocycles. The van der Waals surface area contributed by atoms with E-state index in [4.69, 9.17) is 16.3 Å². The molecule has 1 atom stereocenters. The third-order valence-electron chi connectivity index (χ3n) is 7.75. The van der Waals surface area contributed by atoms with Gasteiger partial charge in [-0.3, -0.25) is 9.62 Å². The highest BCUT2D eigenvalue weighted by atomic mass is 35.5. The molecule has 0 amide bonds. The molecule has 12 heteroatoms. The maximum absolute atomic E-state index is 15.2. The van der Waals surface area contributed by atoms with Crippen LogP contribution in [-0.4, -0.2) is 63.2 Å². The molecular formula is C23H26ClF3N4O3S. The van der Waals surface area contributed by atoms with Crippen molar-refractivity contribution in [1.29, 1.82) is 0 Å². The van der Waals surface area contributed by atoms with E-state index < -0.39 is 48.9 Å². The molecule has 2 aromatic rings. The van der Waals surface area contributed by atoms with Crippen LogP contribution in [-0.2, 0) is 14.8 Å². The molecule has 3 saturated carbocycles. The Kier molecular flexibility index (Phi) is 5.98. The maximum atomic E-state index is 15.2. The van der Waals surface area contributed by atoms with Crippen LogP contribution in [0.25, 0.3) is 0 Å². The number of rotatable bonds is 8. The van der Waals surface area contributed by atoms with Gasteiger partial charge in [-0.05, 0) is 50.8 Å². The lowest BCUT2D eigenvalue weighted by molar-refractivity contribution is -0.155. The van der Waals surface area contributed by atoms with Crippen molar-refractivity contribution in [3.8, 4) is 0 Å². The van der Waals surface area contributed by atoms with Crippen LogP contribution in [0.2, 0.25) is 5.02 Å². The van der Waals surface area contributed by atoms with Gasteiger partial charge in [0.15, 0.2) is 10.7 Å². The Morgan fingerprint density at radius 1 is 1.29 bits per heavy atom. The quantitative estimate of drug-likeness (QED) is 0.410. The lowest BCUT2D eigenvalue weighted by Crippen LogP contribution is -2.69. The van der Waals surface area contributed by atoms with Crippen molar-refractivity contribution in [2.45, 2.75) is 41.7 Å². The zero-order chi connectivity index (χ0) is 25.2. The molecule has 1 aromatic carbocycles. The van der Waals surface area contributed by atoms with E-state index in [9.17, 15) is 12.8 Å². The number of methoxy groups -OCH3 is 1. The van der Waals surface area contributed by atoms with Crippen molar-refractivity contribution in [2.75, 3.05) is 43.4 Å². The van der Waals surface area contributed by atoms with Crippen LogP contribution < -0.4 is 9.62 Å². The van der Waals surface area contributed by atoms with Gasteiger partial charge in [-0.1, -0.05) is 17.7 Å². The number of benzene rings is 1. The summed E-state index contributed by atoms with van der Waals surface area (Å²) in [6, 6.07) is 4.29. The zero-order valence-electron chi connectivity index (χ0n) is 19.3. The number of hydrogen-bond acceptors (Lipinski definition) is 6. The largest absolute Gasteiger partial charge is 0.375 e. The molecule has 0 spiro atoms. The van der Waals surface area contributed by atoms with E-state index in [0.717, 1.165) is 24.1 Å². The molecule has 2 bridgehead atoms. The summed E-state index contributed by atoms with van der Waals surface area (Å²) in [5.41, 5.74) is -0.244. The van der Waals surface area contributed by atoms with Gasteiger partial charge in [0.2, 0.25) is 5.95 Å². The Morgan fingerprint density at radius 3 is 2.60 bits per heavy atom. The van der Waals surface area contributed by atoms with Crippen molar-refractivity contribution < 1.29 is 26.3 Å². The number of pyridine rings is 1. The fourth-order valence-electron chi connectivity index (χ4n) is 5.61. The fraction of sp³-hybridized carbons (Fsp3) is 0.522. The molecule has 4 fully saturated rings. The van der Waals surface area contributed by atoms with Crippen molar-refractivity contribution >= 4 is 33.1 Å². The number of halogens is 4. The van der Waals surface area contributed by atoms with Crippen LogP contribution in [0, 0.1) is 23.5 Å². The van der Waals surface area contributed by atoms with Gasteiger partial charge in [0.1, 0.15) is 16.7 Å². The van der Waals surface area contributed by atoms with E-state index in [1.807, 2.05) is 4.72 Å². The number of hydrogen-bond donors (Lipinski definition) is 1. The monoisotopic (exact) mass is 530 g/mol. The van der Waals surface area contributed by atoms with Crippen LogP contribution in [0.5, 0.6) is 0 Å². The van der Waals surface area contributed by atoms with Gasteiger partial charge in [-0.2, -0.15) is 4.39 Å². The number of anilines is 2. The first-order valence-corrected chi connectivity index (χ1v) is 13.2. The predicted molar refractivity (Wildman–Crippen MR) is 126 cm³/mol. The molecular weight excluding hydrogens is 505 g/mol. The Bertz CT molecular complexity index is 1260. The minimum Gasteiger partial charge on any atom is -0.375 e. The second kappa shape index (κ2) is 8.50. The summed E-state index contributed by atoms with van der Waals surface area (Å²) in [5.74, 6) is -3.27. The summed E-state index contributed by atoms with van der Waals surface area (Å²) in [7, 11) is -1.05. The van der Waals surface area contributed by atoms with E-state index in [1.54, 1.807) is 12.0 Å². The van der Waals surface area contributed by atoms with Gasteiger partial charge in [0.05, 0.1) is 11.3 Å². The summed E-state index contributed by atoms with van der Waals surface area (Å²) in [4.78, 5) is 6.16. The third kappa shape index (κ3) is 4.16. The van der Waals surface area contributed by atoms with Gasteiger partial charge < -0.3 is 9.64 Å². The summed E-state index contributed by atoms with van der Waals surface area (Å²) in [5, 5.41) is -0.515. The van der Waals surface area contributed by atoms with Crippen molar-refractivity contribution in [3.05, 3.63) is 46.9 Å². The summed E-state index contributed by atoms with van der Waals surface area (Å²) in [6.07, 6.45) is 4.22. The molecule has 0 radical (unpaired) electrons. The van der Waals surface area contributed by atoms with Crippen LogP contribution in [0.3, 0.4) is 0 Å². The molecule has 1 aliphatic heterocycles.